The van der Waals surface area contributed by atoms with Crippen LogP contribution >= 0.6 is 22.7 Å². The third kappa shape index (κ3) is 13.7. The molecule has 3 saturated carbocycles. The summed E-state index contributed by atoms with van der Waals surface area (Å²) in [4.78, 5) is 73.6. The Kier molecular flexibility index (Phi) is 19.3. The highest BCUT2D eigenvalue weighted by atomic mass is 32.1. The quantitative estimate of drug-likeness (QED) is 0.0762. The third-order valence-electron chi connectivity index (χ3n) is 28.6. The number of fused-ring (bicyclic) bond motifs is 29. The summed E-state index contributed by atoms with van der Waals surface area (Å²) in [6, 6.07) is 76.0. The molecule has 3 fully saturated rings. The molecule has 13 nitrogen and oxygen atoms in total. The summed E-state index contributed by atoms with van der Waals surface area (Å²) >= 11 is 3.07. The molecule has 8 heterocycles. The smallest absolute Gasteiger partial charge is 0.203 e. The van der Waals surface area contributed by atoms with Gasteiger partial charge in [-0.2, -0.15) is 0 Å². The molecule has 3 aliphatic carbocycles. The maximum Gasteiger partial charge on any atom is 0.203 e. The summed E-state index contributed by atoms with van der Waals surface area (Å²) < 4.78 is 42.6. The summed E-state index contributed by atoms with van der Waals surface area (Å²) in [5, 5.41) is 8.62. The first kappa shape index (κ1) is 79.4. The first-order valence-electron chi connectivity index (χ1n) is 44.6. The van der Waals surface area contributed by atoms with Gasteiger partial charge in [0.2, 0.25) is 11.6 Å². The lowest BCUT2D eigenvalue weighted by atomic mass is 9.64. The van der Waals surface area contributed by atoms with Gasteiger partial charge >= 0.3 is 0 Å². The van der Waals surface area contributed by atoms with Crippen LogP contribution in [0.4, 0.5) is 4.39 Å². The van der Waals surface area contributed by atoms with E-state index in [1.165, 1.54) is 64.7 Å². The van der Waals surface area contributed by atoms with Crippen molar-refractivity contribution in [3.8, 4) is 23.0 Å². The van der Waals surface area contributed by atoms with Crippen molar-refractivity contribution in [3.63, 3.8) is 0 Å². The van der Waals surface area contributed by atoms with Crippen LogP contribution in [-0.4, -0.2) is 64.1 Å². The van der Waals surface area contributed by atoms with Crippen molar-refractivity contribution in [3.05, 3.63) is 297 Å². The van der Waals surface area contributed by atoms with Crippen molar-refractivity contribution in [2.24, 2.45) is 35.5 Å². The molecule has 0 radical (unpaired) electrons. The van der Waals surface area contributed by atoms with Crippen LogP contribution in [0.3, 0.4) is 0 Å². The molecule has 126 heavy (non-hydrogen) atoms. The van der Waals surface area contributed by atoms with Gasteiger partial charge in [0.25, 0.3) is 0 Å². The Morgan fingerprint density at radius 1 is 0.357 bits per heavy atom. The van der Waals surface area contributed by atoms with Crippen LogP contribution in [0.1, 0.15) is 207 Å². The van der Waals surface area contributed by atoms with Gasteiger partial charge in [0.15, 0.2) is 5.78 Å². The molecule has 13 aromatic carbocycles. The number of hydrogen-bond donors (Lipinski definition) is 0. The molecular weight excluding hydrogens is 1600 g/mol. The van der Waals surface area contributed by atoms with Gasteiger partial charge < -0.3 is 18.9 Å². The highest BCUT2D eigenvalue weighted by Gasteiger charge is 2.51. The van der Waals surface area contributed by atoms with Gasteiger partial charge in [0, 0.05) is 104 Å². The molecule has 3 aliphatic heterocycles. The predicted molar refractivity (Wildman–Crippen MR) is 507 cm³/mol. The van der Waals surface area contributed by atoms with Crippen LogP contribution < -0.4 is 18.9 Å². The summed E-state index contributed by atoms with van der Waals surface area (Å²) in [5.41, 5.74) is 15.7. The zero-order valence-electron chi connectivity index (χ0n) is 72.0. The van der Waals surface area contributed by atoms with Gasteiger partial charge in [-0.1, -0.05) is 167 Å². The average Bonchev–Trinajstić information content (AvgIpc) is 0.756. The predicted octanol–water partition coefficient (Wildman–Crippen LogP) is 27.7. The Bertz CT molecular complexity index is 7520. The number of carbonyl (C=O) groups excluding carboxylic acids is 3. The standard InChI is InChI=1S/C40H35FN2O3.2C35H30N2O2S/c1-23-12-18-31-30(20-23)35-37-36(28-9-5-6-10-29(28)39(35)46-40(31,2)3)42-33-19-15-25(21-34(33)43-37)38(44)24-13-16-27(17-14-24)45-22-26-8-4-7-11-32(26)41;1-19-12-14-25-24(16-19)30-32-31(22-9-5-6-10-23(22)34(30)39-35(25,2)3)37-27-17-21(13-15-26(27)36-32)33(38)29-18-20-8-4-7-11-28(20)40-29;1-19-12-14-25-24(16-19)30-32-31(22-9-5-6-10-23(22)34(30)39-35(25,2)3)36-26-15-13-21(17-27(26)37-32)33(38)29-18-20-8-4-7-11-28(20)40-29/h4-11,13-17,19,21,23,30-31H,12,18,20,22H2,1-3H3;2*4-11,13,15,17-19,24-25H,12,14,16H2,1-3H3/t23-,30-,31-;2*19-,24-,25-/m000/s1. The number of thiophene rings is 2. The molecule has 0 N–H and O–H groups in total. The number of nitrogens with zero attached hydrogens (tertiary/aromatic N) is 6. The van der Waals surface area contributed by atoms with E-state index in [4.69, 9.17) is 48.9 Å². The molecule has 0 bridgehead atoms. The van der Waals surface area contributed by atoms with Gasteiger partial charge in [-0.15, -0.1) is 22.7 Å². The number of ether oxygens (including phenoxy) is 4. The van der Waals surface area contributed by atoms with Gasteiger partial charge in [0.05, 0.1) is 76.0 Å². The first-order chi connectivity index (χ1) is 61.0. The second-order valence-corrected chi connectivity index (χ2v) is 40.1. The van der Waals surface area contributed by atoms with Crippen molar-refractivity contribution >= 4 is 159 Å². The molecule has 5 aromatic heterocycles. The van der Waals surface area contributed by atoms with Gasteiger partial charge in [-0.05, 0) is 236 Å². The van der Waals surface area contributed by atoms with E-state index in [0.29, 0.717) is 92.3 Å². The third-order valence-corrected chi connectivity index (χ3v) is 30.8. The number of carbonyl (C=O) groups is 3. The Morgan fingerprint density at radius 2 is 0.683 bits per heavy atom. The molecule has 0 amide bonds. The Morgan fingerprint density at radius 3 is 1.07 bits per heavy atom. The molecule has 626 valence electrons. The first-order valence-corrected chi connectivity index (χ1v) is 46.3. The molecule has 0 unspecified atom stereocenters. The highest BCUT2D eigenvalue weighted by molar-refractivity contribution is 7.21. The number of rotatable bonds is 9. The maximum absolute atomic E-state index is 14.0. The number of benzene rings is 13. The van der Waals surface area contributed by atoms with Crippen molar-refractivity contribution < 1.29 is 37.7 Å². The summed E-state index contributed by atoms with van der Waals surface area (Å²) in [6.45, 7) is 20.7. The van der Waals surface area contributed by atoms with E-state index in [1.54, 1.807) is 42.5 Å². The van der Waals surface area contributed by atoms with Crippen LogP contribution in [0.2, 0.25) is 0 Å². The minimum Gasteiger partial charge on any atom is -0.489 e. The number of hydrogen-bond acceptors (Lipinski definition) is 15. The highest BCUT2D eigenvalue weighted by Crippen LogP contribution is 2.61. The lowest BCUT2D eigenvalue weighted by molar-refractivity contribution is -0.0118. The van der Waals surface area contributed by atoms with Gasteiger partial charge in [-0.25, -0.2) is 34.3 Å². The van der Waals surface area contributed by atoms with Crippen molar-refractivity contribution in [2.45, 2.75) is 161 Å². The normalized spacial score (nSPS) is 21.2. The van der Waals surface area contributed by atoms with Gasteiger partial charge in [0.1, 0.15) is 52.2 Å². The minimum atomic E-state index is -0.306. The molecule has 6 aliphatic rings. The zero-order chi connectivity index (χ0) is 85.9. The van der Waals surface area contributed by atoms with E-state index < -0.39 is 0 Å². The number of ketones is 3. The summed E-state index contributed by atoms with van der Waals surface area (Å²) in [5.74, 6) is 7.36. The monoisotopic (exact) mass is 1690 g/mol. The van der Waals surface area contributed by atoms with Crippen LogP contribution in [0, 0.1) is 41.3 Å². The average molecular weight is 1700 g/mol. The molecule has 24 rings (SSSR count). The van der Waals surface area contributed by atoms with Crippen LogP contribution in [0.5, 0.6) is 23.0 Å². The fourth-order valence-corrected chi connectivity index (χ4v) is 24.3. The number of aromatic nitrogens is 6. The van der Waals surface area contributed by atoms with Gasteiger partial charge in [-0.3, -0.25) is 14.4 Å². The van der Waals surface area contributed by atoms with E-state index in [9.17, 15) is 18.8 Å². The molecule has 18 aromatic rings. The van der Waals surface area contributed by atoms with E-state index in [0.717, 1.165) is 179 Å². The van der Waals surface area contributed by atoms with Crippen molar-refractivity contribution in [2.75, 3.05) is 0 Å². The van der Waals surface area contributed by atoms with Crippen molar-refractivity contribution in [1.29, 1.82) is 0 Å². The Balaban J connectivity index is 0.000000112. The Hall–Kier alpha value is -12.5. The minimum absolute atomic E-state index is 0.0231. The van der Waals surface area contributed by atoms with E-state index >= 15 is 0 Å². The molecule has 0 spiro atoms. The van der Waals surface area contributed by atoms with Crippen molar-refractivity contribution in [1.82, 2.24) is 29.9 Å². The largest absolute Gasteiger partial charge is 0.489 e. The zero-order valence-corrected chi connectivity index (χ0v) is 73.7. The topological polar surface area (TPSA) is 165 Å². The SMILES string of the molecule is C[C@H]1CC[C@H]2[C@H](C1)c1c(c3ccccc3c3nc4cc(C(=O)c5cc6ccccc6s5)ccc4nc13)OC2(C)C.C[C@H]1CC[C@H]2[C@H](C1)c1c(c3ccccc3c3nc4ccc(C(=O)c5cc6ccccc6s5)cc4nc13)OC2(C)C.C[C@H]1CC[C@H]2[C@H](C1)c1c(c3ccccc3c3nc4ccc(C(=O)c5ccc(OCc6ccccc6F)cc5)cc4nc13)OC2(C)C. The van der Waals surface area contributed by atoms with Crippen LogP contribution in [0.15, 0.2) is 237 Å². The van der Waals surface area contributed by atoms with E-state index in [2.05, 4.69) is 153 Å². The van der Waals surface area contributed by atoms with E-state index in [1.807, 2.05) is 97.1 Å². The fourth-order valence-electron chi connectivity index (χ4n) is 22.2. The van der Waals surface area contributed by atoms with E-state index in [-0.39, 0.29) is 46.6 Å². The fraction of sp³-hybridized carbons (Fsp3) is 0.282. The summed E-state index contributed by atoms with van der Waals surface area (Å²) in [6.07, 6.45) is 10.5. The molecule has 16 heteroatoms. The lowest BCUT2D eigenvalue weighted by Crippen LogP contribution is -2.46. The van der Waals surface area contributed by atoms with Crippen LogP contribution in [-0.2, 0) is 6.61 Å². The second-order valence-electron chi connectivity index (χ2n) is 37.9. The molecular formula is C110H95FN6O7S2. The molecule has 0 saturated heterocycles. The number of halogens is 1. The Labute approximate surface area is 737 Å². The second kappa shape index (κ2) is 30.7. The molecule has 9 atom stereocenters. The maximum atomic E-state index is 14.0. The summed E-state index contributed by atoms with van der Waals surface area (Å²) in [7, 11) is 0. The van der Waals surface area contributed by atoms with Crippen LogP contribution in [0.25, 0.3) is 119 Å². The lowest BCUT2D eigenvalue weighted by Gasteiger charge is -2.49.